The first-order valence-electron chi connectivity index (χ1n) is 7.16. The first-order valence-corrected chi connectivity index (χ1v) is 7.16. The minimum Gasteiger partial charge on any atom is -0.467 e. The Bertz CT molecular complexity index is 508. The molecule has 0 saturated carbocycles. The molecule has 0 radical (unpaired) electrons. The first-order chi connectivity index (χ1) is 12.0. The van der Waals surface area contributed by atoms with E-state index in [1.54, 1.807) is 9.80 Å². The largest absolute Gasteiger partial charge is 0.467 e. The van der Waals surface area contributed by atoms with Gasteiger partial charge < -0.3 is 9.47 Å². The van der Waals surface area contributed by atoms with Crippen molar-refractivity contribution in [1.82, 2.24) is 9.80 Å². The number of carbonyl (C=O) groups is 2. The van der Waals surface area contributed by atoms with Gasteiger partial charge in [-0.05, 0) is 0 Å². The van der Waals surface area contributed by atoms with Gasteiger partial charge in [-0.15, -0.1) is 0 Å². The molecular formula is C15H20N6O4. The monoisotopic (exact) mass is 348 g/mol. The van der Waals surface area contributed by atoms with Crippen molar-refractivity contribution in [1.29, 1.82) is 21.0 Å². The summed E-state index contributed by atoms with van der Waals surface area (Å²) in [5, 5.41) is 33.3. The van der Waals surface area contributed by atoms with Gasteiger partial charge in [0.2, 0.25) is 0 Å². The van der Waals surface area contributed by atoms with E-state index < -0.39 is 0 Å². The van der Waals surface area contributed by atoms with Crippen LogP contribution in [0.15, 0.2) is 0 Å². The molecule has 0 aliphatic heterocycles. The molecule has 0 amide bonds. The Morgan fingerprint density at radius 1 is 0.880 bits per heavy atom. The number of hydrogen-bond acceptors (Lipinski definition) is 10. The summed E-state index contributed by atoms with van der Waals surface area (Å²) in [6.45, 7) is 3.64. The highest BCUT2D eigenvalue weighted by Crippen LogP contribution is 1.87. The molecule has 0 aliphatic carbocycles. The van der Waals surface area contributed by atoms with Crippen LogP contribution in [0.25, 0.3) is 0 Å². The standard InChI is InChI=1S/C8H11N3O2.C7H9N3O2/c1-8(12)13-7-6-11(4-2-9)5-3-10;8-1-3-10(4-2-9)5-6-12-7-11/h4-7H2,1H3;7H,3-6H2. The second-order valence-corrected chi connectivity index (χ2v) is 4.36. The van der Waals surface area contributed by atoms with Gasteiger partial charge in [0.1, 0.15) is 13.2 Å². The lowest BCUT2D eigenvalue weighted by atomic mass is 10.5. The minimum atomic E-state index is -0.353. The Morgan fingerprint density at radius 3 is 1.60 bits per heavy atom. The molecule has 134 valence electrons. The SMILES string of the molecule is CC(=O)OCCN(CC#N)CC#N.N#CCN(CC#N)CCOC=O. The van der Waals surface area contributed by atoms with E-state index in [1.807, 2.05) is 24.3 Å². The van der Waals surface area contributed by atoms with Crippen LogP contribution in [0.3, 0.4) is 0 Å². The molecule has 25 heavy (non-hydrogen) atoms. The van der Waals surface area contributed by atoms with Gasteiger partial charge in [-0.2, -0.15) is 21.0 Å². The fraction of sp³-hybridized carbons (Fsp3) is 0.600. The quantitative estimate of drug-likeness (QED) is 0.205. The normalized spacial score (nSPS) is 8.76. The summed E-state index contributed by atoms with van der Waals surface area (Å²) in [5.41, 5.74) is 0. The Hall–Kier alpha value is -3.18. The maximum absolute atomic E-state index is 10.4. The van der Waals surface area contributed by atoms with Crippen molar-refractivity contribution in [3.05, 3.63) is 0 Å². The smallest absolute Gasteiger partial charge is 0.302 e. The fourth-order valence-electron chi connectivity index (χ4n) is 1.38. The molecule has 0 aromatic carbocycles. The van der Waals surface area contributed by atoms with Crippen LogP contribution in [0.4, 0.5) is 0 Å². The Balaban J connectivity index is 0. The molecule has 0 aromatic rings. The Labute approximate surface area is 146 Å². The molecule has 0 aromatic heterocycles. The van der Waals surface area contributed by atoms with E-state index in [9.17, 15) is 9.59 Å². The van der Waals surface area contributed by atoms with Crippen LogP contribution in [0.1, 0.15) is 6.92 Å². The van der Waals surface area contributed by atoms with Crippen molar-refractivity contribution in [2.45, 2.75) is 6.92 Å². The molecule has 10 heteroatoms. The zero-order chi connectivity index (χ0) is 19.3. The molecule has 0 atom stereocenters. The molecule has 0 rings (SSSR count). The highest BCUT2D eigenvalue weighted by molar-refractivity contribution is 5.65. The molecule has 0 aliphatic rings. The topological polar surface area (TPSA) is 154 Å². The predicted molar refractivity (Wildman–Crippen MR) is 84.0 cm³/mol. The van der Waals surface area contributed by atoms with Crippen LogP contribution in [-0.2, 0) is 19.1 Å². The summed E-state index contributed by atoms with van der Waals surface area (Å²) in [5.74, 6) is -0.353. The third-order valence-corrected chi connectivity index (χ3v) is 2.48. The van der Waals surface area contributed by atoms with Gasteiger partial charge in [-0.3, -0.25) is 19.4 Å². The van der Waals surface area contributed by atoms with E-state index in [4.69, 9.17) is 21.0 Å². The van der Waals surface area contributed by atoms with E-state index in [2.05, 4.69) is 9.47 Å². The average molecular weight is 348 g/mol. The van der Waals surface area contributed by atoms with E-state index in [0.29, 0.717) is 19.6 Å². The number of esters is 1. The van der Waals surface area contributed by atoms with Gasteiger partial charge in [-0.1, -0.05) is 0 Å². The van der Waals surface area contributed by atoms with Gasteiger partial charge in [-0.25, -0.2) is 0 Å². The number of nitriles is 4. The number of ether oxygens (including phenoxy) is 2. The average Bonchev–Trinajstić information content (AvgIpc) is 2.56. The molecule has 10 nitrogen and oxygen atoms in total. The summed E-state index contributed by atoms with van der Waals surface area (Å²) < 4.78 is 9.08. The fourth-order valence-corrected chi connectivity index (χ4v) is 1.38. The molecule has 0 saturated heterocycles. The van der Waals surface area contributed by atoms with E-state index in [1.165, 1.54) is 6.92 Å². The Morgan fingerprint density at radius 2 is 1.28 bits per heavy atom. The lowest BCUT2D eigenvalue weighted by Gasteiger charge is -2.13. The van der Waals surface area contributed by atoms with Crippen molar-refractivity contribution >= 4 is 12.4 Å². The van der Waals surface area contributed by atoms with Crippen LogP contribution in [0.2, 0.25) is 0 Å². The zero-order valence-electron chi connectivity index (χ0n) is 14.1. The molecule has 0 fully saturated rings. The van der Waals surface area contributed by atoms with Gasteiger partial charge in [0.25, 0.3) is 6.47 Å². The third-order valence-electron chi connectivity index (χ3n) is 2.48. The molecule has 0 bridgehead atoms. The second kappa shape index (κ2) is 18.9. The summed E-state index contributed by atoms with van der Waals surface area (Å²) in [6.07, 6.45) is 0. The maximum Gasteiger partial charge on any atom is 0.302 e. The van der Waals surface area contributed by atoms with Crippen molar-refractivity contribution in [2.75, 3.05) is 52.5 Å². The highest BCUT2D eigenvalue weighted by atomic mass is 16.5. The summed E-state index contributed by atoms with van der Waals surface area (Å²) in [6, 6.07) is 7.67. The van der Waals surface area contributed by atoms with Crippen molar-refractivity contribution in [2.24, 2.45) is 0 Å². The van der Waals surface area contributed by atoms with Crippen LogP contribution < -0.4 is 0 Å². The van der Waals surface area contributed by atoms with Crippen LogP contribution in [0.5, 0.6) is 0 Å². The zero-order valence-corrected chi connectivity index (χ0v) is 14.1. The van der Waals surface area contributed by atoms with Gasteiger partial charge in [0.15, 0.2) is 0 Å². The number of rotatable bonds is 11. The molecular weight excluding hydrogens is 328 g/mol. The summed E-state index contributed by atoms with van der Waals surface area (Å²) >= 11 is 0. The second-order valence-electron chi connectivity index (χ2n) is 4.36. The minimum absolute atomic E-state index is 0.175. The lowest BCUT2D eigenvalue weighted by molar-refractivity contribution is -0.141. The third kappa shape index (κ3) is 18.8. The molecule has 0 N–H and O–H groups in total. The number of nitrogens with zero attached hydrogens (tertiary/aromatic N) is 6. The van der Waals surface area contributed by atoms with E-state index >= 15 is 0 Å². The summed E-state index contributed by atoms with van der Waals surface area (Å²) in [7, 11) is 0. The highest BCUT2D eigenvalue weighted by Gasteiger charge is 2.03. The van der Waals surface area contributed by atoms with Crippen LogP contribution >= 0.6 is 0 Å². The molecule has 0 spiro atoms. The van der Waals surface area contributed by atoms with Crippen molar-refractivity contribution in [3.63, 3.8) is 0 Å². The molecule has 0 unspecified atom stereocenters. The molecule has 0 heterocycles. The number of hydrogen-bond donors (Lipinski definition) is 0. The van der Waals surface area contributed by atoms with Crippen molar-refractivity contribution in [3.8, 4) is 24.3 Å². The lowest BCUT2D eigenvalue weighted by Crippen LogP contribution is -2.28. The summed E-state index contributed by atoms with van der Waals surface area (Å²) in [4.78, 5) is 23.3. The predicted octanol–water partition coefficient (Wildman–Crippen LogP) is -0.593. The number of carbonyl (C=O) groups excluding carboxylic acids is 2. The van der Waals surface area contributed by atoms with Crippen LogP contribution in [0, 0.1) is 45.3 Å². The van der Waals surface area contributed by atoms with Crippen molar-refractivity contribution < 1.29 is 19.1 Å². The Kier molecular flexibility index (Phi) is 18.2. The van der Waals surface area contributed by atoms with E-state index in [-0.39, 0.29) is 45.4 Å². The van der Waals surface area contributed by atoms with Crippen LogP contribution in [-0.4, -0.2) is 74.7 Å². The van der Waals surface area contributed by atoms with Gasteiger partial charge in [0.05, 0.1) is 50.5 Å². The maximum atomic E-state index is 10.4. The van der Waals surface area contributed by atoms with Gasteiger partial charge >= 0.3 is 5.97 Å². The van der Waals surface area contributed by atoms with E-state index in [0.717, 1.165) is 0 Å². The van der Waals surface area contributed by atoms with Gasteiger partial charge in [0, 0.05) is 20.0 Å². The first kappa shape index (κ1) is 24.1.